The topological polar surface area (TPSA) is 108 Å². The van der Waals surface area contributed by atoms with Gasteiger partial charge in [0.25, 0.3) is 0 Å². The van der Waals surface area contributed by atoms with Crippen molar-refractivity contribution in [2.75, 3.05) is 13.2 Å². The Morgan fingerprint density at radius 1 is 0.972 bits per heavy atom. The Bertz CT molecular complexity index is 954. The summed E-state index contributed by atoms with van der Waals surface area (Å²) in [6, 6.07) is 16.5. The van der Waals surface area contributed by atoms with Crippen LogP contribution in [0.25, 0.3) is 0 Å². The van der Waals surface area contributed by atoms with Crippen LogP contribution in [0.5, 0.6) is 5.75 Å². The second kappa shape index (κ2) is 14.4. The molecule has 0 saturated heterocycles. The van der Waals surface area contributed by atoms with Gasteiger partial charge < -0.3 is 25.6 Å². The first-order chi connectivity index (χ1) is 17.2. The summed E-state index contributed by atoms with van der Waals surface area (Å²) in [5.74, 6) is -0.498. The first kappa shape index (κ1) is 29.1. The molecule has 0 heterocycles. The maximum atomic E-state index is 12.8. The predicted octanol–water partition coefficient (Wildman–Crippen LogP) is 3.39. The van der Waals surface area contributed by atoms with Crippen molar-refractivity contribution in [1.82, 2.24) is 10.6 Å². The Hall–Kier alpha value is -3.16. The van der Waals surface area contributed by atoms with E-state index in [-0.39, 0.29) is 36.9 Å². The Labute approximate surface area is 214 Å². The fraction of sp³-hybridized carbons (Fsp3) is 0.448. The molecule has 2 rings (SSSR count). The van der Waals surface area contributed by atoms with Gasteiger partial charge in [-0.2, -0.15) is 0 Å². The molecule has 2 aromatic rings. The summed E-state index contributed by atoms with van der Waals surface area (Å²) < 4.78 is 5.81. The predicted molar refractivity (Wildman–Crippen MR) is 141 cm³/mol. The Balaban J connectivity index is 1.90. The van der Waals surface area contributed by atoms with Crippen LogP contribution < -0.4 is 15.4 Å². The van der Waals surface area contributed by atoms with E-state index in [1.165, 1.54) is 0 Å². The number of benzene rings is 2. The van der Waals surface area contributed by atoms with Crippen molar-refractivity contribution >= 4 is 11.8 Å². The molecule has 7 nitrogen and oxygen atoms in total. The lowest BCUT2D eigenvalue weighted by Gasteiger charge is -2.31. The van der Waals surface area contributed by atoms with Gasteiger partial charge in [0.15, 0.2) is 0 Å². The third-order valence-electron chi connectivity index (χ3n) is 6.04. The first-order valence-corrected chi connectivity index (χ1v) is 12.3. The molecule has 36 heavy (non-hydrogen) atoms. The maximum absolute atomic E-state index is 12.8. The van der Waals surface area contributed by atoms with Crippen LogP contribution in [0.1, 0.15) is 44.7 Å². The average Bonchev–Trinajstić information content (AvgIpc) is 2.85. The van der Waals surface area contributed by atoms with Crippen molar-refractivity contribution in [3.8, 4) is 5.75 Å². The Morgan fingerprint density at radius 3 is 2.19 bits per heavy atom. The van der Waals surface area contributed by atoms with Crippen molar-refractivity contribution in [2.24, 2.45) is 11.3 Å². The highest BCUT2D eigenvalue weighted by Gasteiger charge is 2.29. The molecular weight excluding hydrogens is 456 g/mol. The fourth-order valence-electron chi connectivity index (χ4n) is 3.73. The fourth-order valence-corrected chi connectivity index (χ4v) is 3.73. The van der Waals surface area contributed by atoms with Crippen LogP contribution in [0.4, 0.5) is 0 Å². The molecule has 3 atom stereocenters. The highest BCUT2D eigenvalue weighted by atomic mass is 16.5. The van der Waals surface area contributed by atoms with Crippen LogP contribution in [-0.2, 0) is 22.6 Å². The second-order valence-corrected chi connectivity index (χ2v) is 10.1. The van der Waals surface area contributed by atoms with Gasteiger partial charge in [-0.05, 0) is 41.5 Å². The lowest BCUT2D eigenvalue weighted by atomic mass is 9.86. The molecule has 2 amide bonds. The number of carbonyl (C=O) groups is 2. The average molecular weight is 497 g/mol. The molecule has 0 aliphatic heterocycles. The normalized spacial score (nSPS) is 13.8. The minimum Gasteiger partial charge on any atom is -0.489 e. The van der Waals surface area contributed by atoms with Gasteiger partial charge in [0.05, 0.1) is 31.2 Å². The molecule has 0 spiro atoms. The van der Waals surface area contributed by atoms with Crippen molar-refractivity contribution in [3.63, 3.8) is 0 Å². The summed E-state index contributed by atoms with van der Waals surface area (Å²) in [6.45, 7) is 9.54. The molecule has 0 aliphatic rings. The molecule has 0 fully saturated rings. The van der Waals surface area contributed by atoms with E-state index in [0.29, 0.717) is 19.4 Å². The third-order valence-corrected chi connectivity index (χ3v) is 6.04. The SMILES string of the molecule is C=CC[C@@H](CC(=O)N[C@H](CO)Cc1ccc(OCc2ccccc2)cc1)C(=O)N[C@H](CO)C(C)(C)C. The molecule has 196 valence electrons. The lowest BCUT2D eigenvalue weighted by Crippen LogP contribution is -2.49. The van der Waals surface area contributed by atoms with E-state index in [1.54, 1.807) is 6.08 Å². The zero-order chi connectivity index (χ0) is 26.6. The monoisotopic (exact) mass is 496 g/mol. The summed E-state index contributed by atoms with van der Waals surface area (Å²) in [7, 11) is 0. The van der Waals surface area contributed by atoms with Gasteiger partial charge in [0, 0.05) is 6.42 Å². The summed E-state index contributed by atoms with van der Waals surface area (Å²) >= 11 is 0. The molecule has 2 aromatic carbocycles. The molecule has 0 bridgehead atoms. The molecule has 4 N–H and O–H groups in total. The largest absolute Gasteiger partial charge is 0.489 e. The van der Waals surface area contributed by atoms with E-state index in [2.05, 4.69) is 17.2 Å². The van der Waals surface area contributed by atoms with Crippen molar-refractivity contribution in [2.45, 2.75) is 58.7 Å². The Kier molecular flexibility index (Phi) is 11.6. The number of ether oxygens (including phenoxy) is 1. The molecule has 0 unspecified atom stereocenters. The lowest BCUT2D eigenvalue weighted by molar-refractivity contribution is -0.131. The van der Waals surface area contributed by atoms with Gasteiger partial charge in [0.2, 0.25) is 11.8 Å². The van der Waals surface area contributed by atoms with E-state index in [0.717, 1.165) is 16.9 Å². The highest BCUT2D eigenvalue weighted by Crippen LogP contribution is 2.20. The van der Waals surface area contributed by atoms with E-state index >= 15 is 0 Å². The van der Waals surface area contributed by atoms with Gasteiger partial charge in [-0.15, -0.1) is 6.58 Å². The summed E-state index contributed by atoms with van der Waals surface area (Å²) in [5, 5.41) is 25.2. The molecule has 0 aliphatic carbocycles. The van der Waals surface area contributed by atoms with Crippen molar-refractivity contribution in [1.29, 1.82) is 0 Å². The smallest absolute Gasteiger partial charge is 0.224 e. The van der Waals surface area contributed by atoms with Crippen LogP contribution in [0.15, 0.2) is 67.3 Å². The molecule has 7 heteroatoms. The molecule has 0 radical (unpaired) electrons. The molecular formula is C29H40N2O5. The van der Waals surface area contributed by atoms with Gasteiger partial charge in [-0.25, -0.2) is 0 Å². The summed E-state index contributed by atoms with van der Waals surface area (Å²) in [4.78, 5) is 25.5. The molecule has 0 saturated carbocycles. The number of rotatable bonds is 14. The zero-order valence-electron chi connectivity index (χ0n) is 21.6. The standard InChI is InChI=1S/C29H40N2O5/c1-5-9-23(28(35)31-26(19-33)29(2,3)4)17-27(34)30-24(18-32)16-21-12-14-25(15-13-21)36-20-22-10-7-6-8-11-22/h5-8,10-15,23-24,26,32-33H,1,9,16-20H2,2-4H3,(H,30,34)(H,31,35)/t23-,24-,26+/m0/s1. The zero-order valence-corrected chi connectivity index (χ0v) is 21.6. The number of nitrogens with one attached hydrogen (secondary N) is 2. The highest BCUT2D eigenvalue weighted by molar-refractivity contribution is 5.86. The van der Waals surface area contributed by atoms with Crippen molar-refractivity contribution in [3.05, 3.63) is 78.4 Å². The van der Waals surface area contributed by atoms with Crippen molar-refractivity contribution < 1.29 is 24.5 Å². The summed E-state index contributed by atoms with van der Waals surface area (Å²) in [6.07, 6.45) is 2.34. The minimum absolute atomic E-state index is 0.0388. The van der Waals surface area contributed by atoms with E-state index in [4.69, 9.17) is 4.74 Å². The summed E-state index contributed by atoms with van der Waals surface area (Å²) in [5.41, 5.74) is 1.70. The van der Waals surface area contributed by atoms with Gasteiger partial charge >= 0.3 is 0 Å². The first-order valence-electron chi connectivity index (χ1n) is 12.3. The number of hydrogen-bond acceptors (Lipinski definition) is 5. The number of hydrogen-bond donors (Lipinski definition) is 4. The number of aliphatic hydroxyl groups excluding tert-OH is 2. The van der Waals surface area contributed by atoms with Crippen LogP contribution in [0, 0.1) is 11.3 Å². The van der Waals surface area contributed by atoms with Crippen LogP contribution in [0.2, 0.25) is 0 Å². The molecule has 0 aromatic heterocycles. The van der Waals surface area contributed by atoms with Gasteiger partial charge in [0.1, 0.15) is 12.4 Å². The maximum Gasteiger partial charge on any atom is 0.224 e. The number of aliphatic hydroxyl groups is 2. The second-order valence-electron chi connectivity index (χ2n) is 10.1. The number of allylic oxidation sites excluding steroid dienone is 1. The van der Waals surface area contributed by atoms with E-state index < -0.39 is 18.0 Å². The van der Waals surface area contributed by atoms with Crippen LogP contribution in [0.3, 0.4) is 0 Å². The quantitative estimate of drug-likeness (QED) is 0.300. The van der Waals surface area contributed by atoms with Gasteiger partial charge in [-0.3, -0.25) is 9.59 Å². The number of carbonyl (C=O) groups excluding carboxylic acids is 2. The van der Waals surface area contributed by atoms with E-state index in [9.17, 15) is 19.8 Å². The minimum atomic E-state index is -0.612. The van der Waals surface area contributed by atoms with Crippen LogP contribution in [-0.4, -0.2) is 47.3 Å². The third kappa shape index (κ3) is 9.84. The van der Waals surface area contributed by atoms with E-state index in [1.807, 2.05) is 75.4 Å². The Morgan fingerprint density at radius 2 is 1.64 bits per heavy atom. The van der Waals surface area contributed by atoms with Crippen LogP contribution >= 0.6 is 0 Å². The number of amides is 2. The van der Waals surface area contributed by atoms with Gasteiger partial charge in [-0.1, -0.05) is 69.3 Å².